The van der Waals surface area contributed by atoms with Crippen LogP contribution in [-0.4, -0.2) is 16.9 Å². The van der Waals surface area contributed by atoms with Crippen LogP contribution in [0.5, 0.6) is 0 Å². The van der Waals surface area contributed by atoms with Gasteiger partial charge in [0.25, 0.3) is 0 Å². The molecule has 6 nitrogen and oxygen atoms in total. The molecule has 0 spiro atoms. The van der Waals surface area contributed by atoms with E-state index in [2.05, 4.69) is 9.98 Å². The maximum atomic E-state index is 11.5. The summed E-state index contributed by atoms with van der Waals surface area (Å²) in [6.45, 7) is 1.98. The highest BCUT2D eigenvalue weighted by atomic mass is 16.3. The van der Waals surface area contributed by atoms with Gasteiger partial charge in [0.15, 0.2) is 11.7 Å². The van der Waals surface area contributed by atoms with Gasteiger partial charge in [0.05, 0.1) is 0 Å². The average Bonchev–Trinajstić information content (AvgIpc) is 2.78. The number of nitrogens with two attached hydrogens (primary N) is 2. The van der Waals surface area contributed by atoms with Gasteiger partial charge in [-0.25, -0.2) is 4.98 Å². The predicted molar refractivity (Wildman–Crippen MR) is 66.8 cm³/mol. The molecule has 1 amide bonds. The number of benzene rings is 1. The van der Waals surface area contributed by atoms with Crippen LogP contribution in [0.25, 0.3) is 11.5 Å². The lowest BCUT2D eigenvalue weighted by Crippen LogP contribution is -2.24. The molecule has 6 heteroatoms. The van der Waals surface area contributed by atoms with Crippen molar-refractivity contribution >= 4 is 11.9 Å². The van der Waals surface area contributed by atoms with E-state index in [-0.39, 0.29) is 11.7 Å². The maximum Gasteiger partial charge on any atom is 0.302 e. The maximum absolute atomic E-state index is 11.5. The fourth-order valence-electron chi connectivity index (χ4n) is 1.38. The van der Waals surface area contributed by atoms with Crippen molar-refractivity contribution in [2.24, 2.45) is 16.5 Å². The van der Waals surface area contributed by atoms with Gasteiger partial charge in [0, 0.05) is 5.56 Å². The number of guanidine groups is 1. The molecule has 4 N–H and O–H groups in total. The van der Waals surface area contributed by atoms with Crippen molar-refractivity contribution in [2.75, 3.05) is 0 Å². The highest BCUT2D eigenvalue weighted by molar-refractivity contribution is 6.00. The average molecular weight is 244 g/mol. The number of hydrogen-bond donors (Lipinski definition) is 2. The number of hydrogen-bond acceptors (Lipinski definition) is 3. The van der Waals surface area contributed by atoms with E-state index in [0.717, 1.165) is 11.1 Å². The number of carbonyl (C=O) groups excluding carboxylic acids is 1. The Labute approximate surface area is 103 Å². The van der Waals surface area contributed by atoms with Crippen LogP contribution >= 0.6 is 0 Å². The summed E-state index contributed by atoms with van der Waals surface area (Å²) in [6.07, 6.45) is 1.23. The zero-order chi connectivity index (χ0) is 13.1. The minimum Gasteiger partial charge on any atom is -0.444 e. The number of carbonyl (C=O) groups is 1. The van der Waals surface area contributed by atoms with Crippen LogP contribution in [0.2, 0.25) is 0 Å². The van der Waals surface area contributed by atoms with Crippen LogP contribution in [0.4, 0.5) is 0 Å². The van der Waals surface area contributed by atoms with Gasteiger partial charge < -0.3 is 15.9 Å². The summed E-state index contributed by atoms with van der Waals surface area (Å²) >= 11 is 0. The predicted octanol–water partition coefficient (Wildman–Crippen LogP) is 1.06. The number of oxazole rings is 1. The molecule has 0 aliphatic carbocycles. The first-order chi connectivity index (χ1) is 8.56. The van der Waals surface area contributed by atoms with E-state index in [9.17, 15) is 4.79 Å². The monoisotopic (exact) mass is 244 g/mol. The first-order valence-electron chi connectivity index (χ1n) is 5.23. The third-order valence-electron chi connectivity index (χ3n) is 2.25. The van der Waals surface area contributed by atoms with Crippen molar-refractivity contribution in [1.82, 2.24) is 4.98 Å². The number of aryl methyl sites for hydroxylation is 1. The summed E-state index contributed by atoms with van der Waals surface area (Å²) in [5.41, 5.74) is 12.2. The summed E-state index contributed by atoms with van der Waals surface area (Å²) in [4.78, 5) is 18.9. The van der Waals surface area contributed by atoms with Crippen molar-refractivity contribution in [3.8, 4) is 11.5 Å². The van der Waals surface area contributed by atoms with Crippen molar-refractivity contribution in [3.05, 3.63) is 41.8 Å². The molecule has 0 aliphatic rings. The Morgan fingerprint density at radius 1 is 1.28 bits per heavy atom. The van der Waals surface area contributed by atoms with Gasteiger partial charge in [-0.3, -0.25) is 4.79 Å². The van der Waals surface area contributed by atoms with Crippen molar-refractivity contribution in [3.63, 3.8) is 0 Å². The number of rotatable bonds is 2. The highest BCUT2D eigenvalue weighted by Crippen LogP contribution is 2.19. The molecule has 0 saturated heterocycles. The van der Waals surface area contributed by atoms with E-state index in [1.165, 1.54) is 6.26 Å². The lowest BCUT2D eigenvalue weighted by atomic mass is 10.1. The standard InChI is InChI=1S/C12H12N4O2/c1-7-2-4-8(5-3-7)11-15-9(6-18-11)10(17)16-12(13)14/h2-6H,1H3,(H4,13,14,16,17). The van der Waals surface area contributed by atoms with Gasteiger partial charge in [-0.05, 0) is 19.1 Å². The quantitative estimate of drug-likeness (QED) is 0.606. The zero-order valence-corrected chi connectivity index (χ0v) is 9.75. The van der Waals surface area contributed by atoms with Crippen LogP contribution in [0.15, 0.2) is 39.9 Å². The van der Waals surface area contributed by atoms with Crippen molar-refractivity contribution in [1.29, 1.82) is 0 Å². The molecular weight excluding hydrogens is 232 g/mol. The summed E-state index contributed by atoms with van der Waals surface area (Å²) in [5, 5.41) is 0. The van der Waals surface area contributed by atoms with E-state index in [1.807, 2.05) is 31.2 Å². The molecule has 0 atom stereocenters. The highest BCUT2D eigenvalue weighted by Gasteiger charge is 2.12. The Kier molecular flexibility index (Phi) is 3.09. The number of amides is 1. The second kappa shape index (κ2) is 4.70. The molecule has 0 aliphatic heterocycles. The van der Waals surface area contributed by atoms with E-state index in [0.29, 0.717) is 5.89 Å². The number of nitrogens with zero attached hydrogens (tertiary/aromatic N) is 2. The molecule has 0 bridgehead atoms. The molecule has 0 unspecified atom stereocenters. The molecule has 1 aromatic heterocycles. The Balaban J connectivity index is 2.28. The van der Waals surface area contributed by atoms with Crippen LogP contribution in [0, 0.1) is 6.92 Å². The molecule has 18 heavy (non-hydrogen) atoms. The number of aliphatic imine (C=N–C) groups is 1. The minimum absolute atomic E-state index is 0.0685. The lowest BCUT2D eigenvalue weighted by Gasteiger charge is -1.95. The molecule has 2 rings (SSSR count). The van der Waals surface area contributed by atoms with Crippen molar-refractivity contribution in [2.45, 2.75) is 6.92 Å². The van der Waals surface area contributed by atoms with Crippen LogP contribution < -0.4 is 11.5 Å². The van der Waals surface area contributed by atoms with Gasteiger partial charge in [0.2, 0.25) is 5.89 Å². The van der Waals surface area contributed by atoms with Gasteiger partial charge in [-0.15, -0.1) is 0 Å². The smallest absolute Gasteiger partial charge is 0.302 e. The second-order valence-electron chi connectivity index (χ2n) is 3.75. The van der Waals surface area contributed by atoms with Gasteiger partial charge >= 0.3 is 5.91 Å². The SMILES string of the molecule is Cc1ccc(-c2nc(C(=O)N=C(N)N)co2)cc1. The van der Waals surface area contributed by atoms with Crippen LogP contribution in [0.3, 0.4) is 0 Å². The number of aromatic nitrogens is 1. The van der Waals surface area contributed by atoms with Crippen molar-refractivity contribution < 1.29 is 9.21 Å². The van der Waals surface area contributed by atoms with Crippen LogP contribution in [0.1, 0.15) is 16.1 Å². The first-order valence-corrected chi connectivity index (χ1v) is 5.23. The fraction of sp³-hybridized carbons (Fsp3) is 0.0833. The molecule has 92 valence electrons. The molecule has 0 fully saturated rings. The van der Waals surface area contributed by atoms with Gasteiger partial charge in [-0.1, -0.05) is 17.7 Å². The fourth-order valence-corrected chi connectivity index (χ4v) is 1.38. The van der Waals surface area contributed by atoms with E-state index >= 15 is 0 Å². The normalized spacial score (nSPS) is 10.1. The third kappa shape index (κ3) is 2.54. The summed E-state index contributed by atoms with van der Waals surface area (Å²) < 4.78 is 5.21. The Hall–Kier alpha value is -2.63. The van der Waals surface area contributed by atoms with E-state index in [1.54, 1.807) is 0 Å². The molecule has 1 aromatic carbocycles. The Bertz CT molecular complexity index is 595. The molecule has 0 saturated carbocycles. The molecular formula is C12H12N4O2. The Morgan fingerprint density at radius 3 is 2.56 bits per heavy atom. The Morgan fingerprint density at radius 2 is 1.94 bits per heavy atom. The second-order valence-corrected chi connectivity index (χ2v) is 3.75. The lowest BCUT2D eigenvalue weighted by molar-refractivity contribution is 0.0998. The van der Waals surface area contributed by atoms with E-state index < -0.39 is 5.91 Å². The topological polar surface area (TPSA) is 108 Å². The molecule has 0 radical (unpaired) electrons. The first kappa shape index (κ1) is 11.8. The van der Waals surface area contributed by atoms with E-state index in [4.69, 9.17) is 15.9 Å². The summed E-state index contributed by atoms with van der Waals surface area (Å²) in [7, 11) is 0. The van der Waals surface area contributed by atoms with Gasteiger partial charge in [0.1, 0.15) is 6.26 Å². The van der Waals surface area contributed by atoms with Gasteiger partial charge in [-0.2, -0.15) is 4.99 Å². The summed E-state index contributed by atoms with van der Waals surface area (Å²) in [5.74, 6) is -0.582. The molecule has 2 aromatic rings. The zero-order valence-electron chi connectivity index (χ0n) is 9.75. The summed E-state index contributed by atoms with van der Waals surface area (Å²) in [6, 6.07) is 7.57. The third-order valence-corrected chi connectivity index (χ3v) is 2.25. The largest absolute Gasteiger partial charge is 0.444 e. The minimum atomic E-state index is -0.628. The molecule has 1 heterocycles. The van der Waals surface area contributed by atoms with Crippen LogP contribution in [-0.2, 0) is 0 Å².